The topological polar surface area (TPSA) is 27.7 Å². The van der Waals surface area contributed by atoms with E-state index in [1.54, 1.807) is 7.11 Å². The van der Waals surface area contributed by atoms with E-state index in [0.717, 1.165) is 16.8 Å². The zero-order valence-electron chi connectivity index (χ0n) is 16.3. The van der Waals surface area contributed by atoms with Crippen molar-refractivity contribution in [3.8, 4) is 16.9 Å². The molecule has 3 nitrogen and oxygen atoms in total. The zero-order valence-corrected chi connectivity index (χ0v) is 16.3. The van der Waals surface area contributed by atoms with Crippen LogP contribution in [0.3, 0.4) is 0 Å². The van der Waals surface area contributed by atoms with Crippen LogP contribution in [0.5, 0.6) is 5.75 Å². The van der Waals surface area contributed by atoms with Crippen LogP contribution in [0.1, 0.15) is 38.8 Å². The SMILES string of the molecule is COc1cc(C)c(-c2ccccc2B2OC(C)(C)C(C)(C)O2)c(C)c1. The van der Waals surface area contributed by atoms with Crippen LogP contribution < -0.4 is 10.2 Å². The van der Waals surface area contributed by atoms with E-state index >= 15 is 0 Å². The Morgan fingerprint density at radius 2 is 1.40 bits per heavy atom. The van der Waals surface area contributed by atoms with Gasteiger partial charge in [-0.25, -0.2) is 0 Å². The summed E-state index contributed by atoms with van der Waals surface area (Å²) in [5.41, 5.74) is 5.09. The predicted octanol–water partition coefficient (Wildman–Crippen LogP) is 4.28. The van der Waals surface area contributed by atoms with E-state index in [1.165, 1.54) is 16.7 Å². The third kappa shape index (κ3) is 3.09. The Hall–Kier alpha value is -1.78. The lowest BCUT2D eigenvalue weighted by atomic mass is 9.73. The maximum absolute atomic E-state index is 6.29. The second kappa shape index (κ2) is 6.19. The lowest BCUT2D eigenvalue weighted by molar-refractivity contribution is 0.00578. The first-order chi connectivity index (χ1) is 11.7. The fourth-order valence-electron chi connectivity index (χ4n) is 3.37. The molecule has 1 heterocycles. The van der Waals surface area contributed by atoms with Gasteiger partial charge in [0.25, 0.3) is 0 Å². The average Bonchev–Trinajstić information content (AvgIpc) is 2.75. The largest absolute Gasteiger partial charge is 0.497 e. The van der Waals surface area contributed by atoms with Crippen molar-refractivity contribution in [3.63, 3.8) is 0 Å². The summed E-state index contributed by atoms with van der Waals surface area (Å²) < 4.78 is 18.0. The van der Waals surface area contributed by atoms with Gasteiger partial charge in [-0.3, -0.25) is 0 Å². The van der Waals surface area contributed by atoms with Gasteiger partial charge in [0.15, 0.2) is 0 Å². The number of hydrogen-bond donors (Lipinski definition) is 0. The lowest BCUT2D eigenvalue weighted by Crippen LogP contribution is -2.41. The Labute approximate surface area is 151 Å². The highest BCUT2D eigenvalue weighted by atomic mass is 16.7. The molecule has 0 radical (unpaired) electrons. The van der Waals surface area contributed by atoms with Gasteiger partial charge in [-0.05, 0) is 81.4 Å². The van der Waals surface area contributed by atoms with Gasteiger partial charge in [0.05, 0.1) is 18.3 Å². The minimum atomic E-state index is -0.373. The first-order valence-corrected chi connectivity index (χ1v) is 8.76. The molecule has 1 saturated heterocycles. The quantitative estimate of drug-likeness (QED) is 0.782. The van der Waals surface area contributed by atoms with Gasteiger partial charge in [0.2, 0.25) is 0 Å². The zero-order chi connectivity index (χ0) is 18.4. The monoisotopic (exact) mass is 338 g/mol. The Morgan fingerprint density at radius 3 is 1.92 bits per heavy atom. The van der Waals surface area contributed by atoms with Crippen molar-refractivity contribution in [2.24, 2.45) is 0 Å². The van der Waals surface area contributed by atoms with E-state index in [1.807, 2.05) is 6.07 Å². The van der Waals surface area contributed by atoms with Gasteiger partial charge in [0, 0.05) is 0 Å². The molecule has 1 fully saturated rings. The molecule has 25 heavy (non-hydrogen) atoms. The molecule has 1 aliphatic rings. The van der Waals surface area contributed by atoms with Crippen LogP contribution in [-0.4, -0.2) is 25.4 Å². The van der Waals surface area contributed by atoms with E-state index in [0.29, 0.717) is 0 Å². The molecule has 0 N–H and O–H groups in total. The van der Waals surface area contributed by atoms with Crippen LogP contribution in [0.25, 0.3) is 11.1 Å². The normalized spacial score (nSPS) is 18.4. The molecular formula is C21H27BO3. The second-order valence-corrected chi connectivity index (χ2v) is 7.81. The summed E-state index contributed by atoms with van der Waals surface area (Å²) in [7, 11) is 1.33. The van der Waals surface area contributed by atoms with Crippen LogP contribution in [0.2, 0.25) is 0 Å². The van der Waals surface area contributed by atoms with Crippen molar-refractivity contribution in [3.05, 3.63) is 47.5 Å². The van der Waals surface area contributed by atoms with Gasteiger partial charge in [-0.15, -0.1) is 0 Å². The van der Waals surface area contributed by atoms with Crippen molar-refractivity contribution >= 4 is 12.6 Å². The van der Waals surface area contributed by atoms with Crippen molar-refractivity contribution < 1.29 is 14.0 Å². The standard InChI is InChI=1S/C21H27BO3/c1-14-12-16(23-7)13-15(2)19(14)17-10-8-9-11-18(17)22-24-20(3,4)21(5,6)25-22/h8-13H,1-7H3. The molecule has 1 aliphatic heterocycles. The molecule has 0 unspecified atom stereocenters. The molecule has 0 spiro atoms. The van der Waals surface area contributed by atoms with Crippen LogP contribution >= 0.6 is 0 Å². The van der Waals surface area contributed by atoms with Crippen LogP contribution in [0.4, 0.5) is 0 Å². The third-order valence-electron chi connectivity index (χ3n) is 5.48. The van der Waals surface area contributed by atoms with E-state index in [-0.39, 0.29) is 18.3 Å². The third-order valence-corrected chi connectivity index (χ3v) is 5.48. The molecule has 0 bridgehead atoms. The van der Waals surface area contributed by atoms with Gasteiger partial charge >= 0.3 is 7.12 Å². The van der Waals surface area contributed by atoms with Crippen molar-refractivity contribution in [2.75, 3.05) is 7.11 Å². The first kappa shape index (κ1) is 18.0. The number of aryl methyl sites for hydroxylation is 2. The Bertz CT molecular complexity index is 756. The molecule has 0 aromatic heterocycles. The summed E-state index contributed by atoms with van der Waals surface area (Å²) in [5.74, 6) is 0.881. The number of ether oxygens (including phenoxy) is 1. The fourth-order valence-corrected chi connectivity index (χ4v) is 3.37. The van der Waals surface area contributed by atoms with Gasteiger partial charge in [0.1, 0.15) is 5.75 Å². The fraction of sp³-hybridized carbons (Fsp3) is 0.429. The summed E-state index contributed by atoms with van der Waals surface area (Å²) in [6, 6.07) is 12.5. The van der Waals surface area contributed by atoms with E-state index in [4.69, 9.17) is 14.0 Å². The molecule has 2 aromatic rings. The van der Waals surface area contributed by atoms with E-state index in [9.17, 15) is 0 Å². The smallest absolute Gasteiger partial charge is 0.495 e. The highest BCUT2D eigenvalue weighted by Gasteiger charge is 2.52. The van der Waals surface area contributed by atoms with Crippen LogP contribution in [0.15, 0.2) is 36.4 Å². The molecule has 2 aromatic carbocycles. The minimum absolute atomic E-state index is 0.352. The van der Waals surface area contributed by atoms with E-state index < -0.39 is 0 Å². The lowest BCUT2D eigenvalue weighted by Gasteiger charge is -2.32. The summed E-state index contributed by atoms with van der Waals surface area (Å²) in [6.45, 7) is 12.6. The van der Waals surface area contributed by atoms with Crippen molar-refractivity contribution in [1.29, 1.82) is 0 Å². The Morgan fingerprint density at radius 1 is 0.880 bits per heavy atom. The molecule has 3 rings (SSSR count). The van der Waals surface area contributed by atoms with Gasteiger partial charge in [-0.2, -0.15) is 0 Å². The summed E-state index contributed by atoms with van der Waals surface area (Å²) in [5, 5.41) is 0. The second-order valence-electron chi connectivity index (χ2n) is 7.81. The average molecular weight is 338 g/mol. The van der Waals surface area contributed by atoms with Gasteiger partial charge < -0.3 is 14.0 Å². The predicted molar refractivity (Wildman–Crippen MR) is 104 cm³/mol. The molecular weight excluding hydrogens is 311 g/mol. The first-order valence-electron chi connectivity index (χ1n) is 8.76. The summed E-state index contributed by atoms with van der Waals surface area (Å²) >= 11 is 0. The number of rotatable bonds is 3. The molecule has 132 valence electrons. The number of methoxy groups -OCH3 is 1. The minimum Gasteiger partial charge on any atom is -0.497 e. The van der Waals surface area contributed by atoms with Crippen LogP contribution in [-0.2, 0) is 9.31 Å². The number of hydrogen-bond acceptors (Lipinski definition) is 3. The molecule has 0 atom stereocenters. The molecule has 4 heteroatoms. The summed E-state index contributed by atoms with van der Waals surface area (Å²) in [6.07, 6.45) is 0. The van der Waals surface area contributed by atoms with Crippen molar-refractivity contribution in [1.82, 2.24) is 0 Å². The van der Waals surface area contributed by atoms with E-state index in [2.05, 4.69) is 71.9 Å². The highest BCUT2D eigenvalue weighted by molar-refractivity contribution is 6.63. The summed E-state index contributed by atoms with van der Waals surface area (Å²) in [4.78, 5) is 0. The van der Waals surface area contributed by atoms with Crippen molar-refractivity contribution in [2.45, 2.75) is 52.7 Å². The maximum Gasteiger partial charge on any atom is 0.495 e. The van der Waals surface area contributed by atoms with Gasteiger partial charge in [-0.1, -0.05) is 24.3 Å². The van der Waals surface area contributed by atoms with Crippen LogP contribution in [0, 0.1) is 13.8 Å². The molecule has 0 amide bonds. The highest BCUT2D eigenvalue weighted by Crippen LogP contribution is 2.38. The Kier molecular flexibility index (Phi) is 4.46. The molecule has 0 aliphatic carbocycles. The Balaban J connectivity index is 2.10. The maximum atomic E-state index is 6.29. The number of benzene rings is 2. The molecule has 0 saturated carbocycles.